The normalized spacial score (nSPS) is 13.9. The zero-order valence-corrected chi connectivity index (χ0v) is 21.2. The summed E-state index contributed by atoms with van der Waals surface area (Å²) in [5.74, 6) is -0.236. The van der Waals surface area contributed by atoms with E-state index in [1.165, 1.54) is 37.7 Å². The van der Waals surface area contributed by atoms with E-state index in [2.05, 4.69) is 25.5 Å². The van der Waals surface area contributed by atoms with Gasteiger partial charge in [0, 0.05) is 36.4 Å². The Balaban J connectivity index is 1.29. The minimum atomic E-state index is -0.446. The summed E-state index contributed by atoms with van der Waals surface area (Å²) in [6.45, 7) is 9.71. The summed E-state index contributed by atoms with van der Waals surface area (Å²) in [5.41, 5.74) is 4.76. The number of hydrogen-bond acceptors (Lipinski definition) is 6. The Hall–Kier alpha value is -3.52. The Kier molecular flexibility index (Phi) is 8.48. The van der Waals surface area contributed by atoms with E-state index >= 15 is 0 Å². The van der Waals surface area contributed by atoms with Gasteiger partial charge in [-0.3, -0.25) is 4.79 Å². The maximum absolute atomic E-state index is 14.5. The van der Waals surface area contributed by atoms with Crippen molar-refractivity contribution in [3.8, 4) is 5.75 Å². The highest BCUT2D eigenvalue weighted by Gasteiger charge is 2.13. The Morgan fingerprint density at radius 2 is 1.72 bits per heavy atom. The zero-order valence-electron chi connectivity index (χ0n) is 21.2. The van der Waals surface area contributed by atoms with Crippen LogP contribution < -0.4 is 15.4 Å². The molecule has 2 N–H and O–H groups in total. The fourth-order valence-corrected chi connectivity index (χ4v) is 4.55. The number of ether oxygens (including phenoxy) is 1. The van der Waals surface area contributed by atoms with Crippen molar-refractivity contribution in [1.29, 1.82) is 0 Å². The molecule has 2 heterocycles. The van der Waals surface area contributed by atoms with Crippen molar-refractivity contribution in [2.45, 2.75) is 46.5 Å². The van der Waals surface area contributed by atoms with E-state index in [0.717, 1.165) is 48.4 Å². The molecular formula is C28H34FN5O2. The molecule has 36 heavy (non-hydrogen) atoms. The highest BCUT2D eigenvalue weighted by atomic mass is 19.1. The van der Waals surface area contributed by atoms with Crippen LogP contribution in [0.15, 0.2) is 42.7 Å². The fraction of sp³-hybridized carbons (Fsp3) is 0.393. The third-order valence-corrected chi connectivity index (χ3v) is 6.34. The second kappa shape index (κ2) is 11.9. The molecule has 0 spiro atoms. The average molecular weight is 492 g/mol. The van der Waals surface area contributed by atoms with Crippen molar-refractivity contribution in [2.75, 3.05) is 36.9 Å². The van der Waals surface area contributed by atoms with Gasteiger partial charge in [0.15, 0.2) is 11.6 Å². The van der Waals surface area contributed by atoms with Crippen molar-refractivity contribution in [2.24, 2.45) is 0 Å². The van der Waals surface area contributed by atoms with Gasteiger partial charge in [-0.25, -0.2) is 14.4 Å². The number of aromatic nitrogens is 2. The quantitative estimate of drug-likeness (QED) is 0.369. The molecule has 1 aliphatic heterocycles. The fourth-order valence-electron chi connectivity index (χ4n) is 4.55. The smallest absolute Gasteiger partial charge is 0.258 e. The second-order valence-electron chi connectivity index (χ2n) is 9.40. The first-order valence-electron chi connectivity index (χ1n) is 12.5. The molecule has 3 aromatic rings. The lowest BCUT2D eigenvalue weighted by molar-refractivity contribution is 0.102. The van der Waals surface area contributed by atoms with Gasteiger partial charge in [0.2, 0.25) is 5.95 Å². The summed E-state index contributed by atoms with van der Waals surface area (Å²) in [6, 6.07) is 8.73. The van der Waals surface area contributed by atoms with E-state index in [-0.39, 0.29) is 17.6 Å². The average Bonchev–Trinajstić information content (AvgIpc) is 2.86. The van der Waals surface area contributed by atoms with E-state index in [1.54, 1.807) is 12.1 Å². The lowest BCUT2D eigenvalue weighted by Gasteiger charge is -2.26. The number of aryl methyl sites for hydroxylation is 3. The van der Waals surface area contributed by atoms with Crippen molar-refractivity contribution in [1.82, 2.24) is 14.9 Å². The zero-order chi connectivity index (χ0) is 25.5. The molecule has 190 valence electrons. The number of amides is 1. The van der Waals surface area contributed by atoms with Crippen LogP contribution in [-0.2, 0) is 0 Å². The lowest BCUT2D eigenvalue weighted by atomic mass is 10.0. The van der Waals surface area contributed by atoms with Crippen LogP contribution in [0.25, 0.3) is 0 Å². The second-order valence-corrected chi connectivity index (χ2v) is 9.40. The predicted molar refractivity (Wildman–Crippen MR) is 141 cm³/mol. The third-order valence-electron chi connectivity index (χ3n) is 6.34. The van der Waals surface area contributed by atoms with Gasteiger partial charge in [0.25, 0.3) is 5.91 Å². The highest BCUT2D eigenvalue weighted by Crippen LogP contribution is 2.24. The van der Waals surface area contributed by atoms with Crippen LogP contribution in [0.2, 0.25) is 0 Å². The van der Waals surface area contributed by atoms with E-state index in [1.807, 2.05) is 32.9 Å². The summed E-state index contributed by atoms with van der Waals surface area (Å²) < 4.78 is 20.2. The SMILES string of the molecule is Cc1cc(C)c(NC(=O)c2cnc(Nc3ccc(OCCCN4CCCCC4)c(F)c3)nc2)c(C)c1. The van der Waals surface area contributed by atoms with Gasteiger partial charge >= 0.3 is 0 Å². The van der Waals surface area contributed by atoms with Gasteiger partial charge in [0.05, 0.1) is 12.2 Å². The van der Waals surface area contributed by atoms with Gasteiger partial charge < -0.3 is 20.3 Å². The Morgan fingerprint density at radius 1 is 1.03 bits per heavy atom. The molecule has 1 amide bonds. The monoisotopic (exact) mass is 491 g/mol. The minimum absolute atomic E-state index is 0.230. The van der Waals surface area contributed by atoms with E-state index in [9.17, 15) is 9.18 Å². The number of likely N-dealkylation sites (tertiary alicyclic amines) is 1. The predicted octanol–water partition coefficient (Wildman–Crippen LogP) is 5.79. The first kappa shape index (κ1) is 25.6. The maximum Gasteiger partial charge on any atom is 0.258 e. The van der Waals surface area contributed by atoms with E-state index < -0.39 is 5.82 Å². The molecule has 0 radical (unpaired) electrons. The molecule has 1 saturated heterocycles. The standard InChI is InChI=1S/C28H34FN5O2/c1-19-14-20(2)26(21(3)15-19)33-27(35)22-17-30-28(31-18-22)32-23-8-9-25(24(29)16-23)36-13-7-12-34-10-5-4-6-11-34/h8-9,14-18H,4-7,10-13H2,1-3H3,(H,33,35)(H,30,31,32). The number of rotatable bonds is 9. The molecule has 4 rings (SSSR count). The number of hydrogen-bond donors (Lipinski definition) is 2. The summed E-state index contributed by atoms with van der Waals surface area (Å²) in [6.07, 6.45) is 7.60. The molecule has 1 aliphatic rings. The molecule has 2 aromatic carbocycles. The van der Waals surface area contributed by atoms with Gasteiger partial charge in [-0.1, -0.05) is 24.1 Å². The third kappa shape index (κ3) is 6.79. The Bertz CT molecular complexity index is 1170. The summed E-state index contributed by atoms with van der Waals surface area (Å²) in [7, 11) is 0. The molecule has 0 saturated carbocycles. The molecule has 8 heteroatoms. The Labute approximate surface area is 212 Å². The van der Waals surface area contributed by atoms with Crippen LogP contribution in [0.5, 0.6) is 5.75 Å². The number of anilines is 3. The highest BCUT2D eigenvalue weighted by molar-refractivity contribution is 6.04. The number of piperidine rings is 1. The largest absolute Gasteiger partial charge is 0.490 e. The molecular weight excluding hydrogens is 457 g/mol. The number of benzene rings is 2. The molecule has 1 aromatic heterocycles. The molecule has 0 unspecified atom stereocenters. The van der Waals surface area contributed by atoms with Crippen molar-refractivity contribution < 1.29 is 13.9 Å². The van der Waals surface area contributed by atoms with Crippen molar-refractivity contribution >= 4 is 23.2 Å². The molecule has 0 atom stereocenters. The molecule has 7 nitrogen and oxygen atoms in total. The molecule has 0 bridgehead atoms. The molecule has 1 fully saturated rings. The Morgan fingerprint density at radius 3 is 2.39 bits per heavy atom. The van der Waals surface area contributed by atoms with Crippen LogP contribution in [0.3, 0.4) is 0 Å². The number of carbonyl (C=O) groups excluding carboxylic acids is 1. The van der Waals surface area contributed by atoms with Crippen LogP contribution >= 0.6 is 0 Å². The van der Waals surface area contributed by atoms with Crippen LogP contribution in [0, 0.1) is 26.6 Å². The van der Waals surface area contributed by atoms with Gasteiger partial charge in [-0.05, 0) is 76.4 Å². The summed E-state index contributed by atoms with van der Waals surface area (Å²) in [4.78, 5) is 23.5. The number of nitrogens with one attached hydrogen (secondary N) is 2. The van der Waals surface area contributed by atoms with Crippen molar-refractivity contribution in [3.63, 3.8) is 0 Å². The number of nitrogens with zero attached hydrogens (tertiary/aromatic N) is 3. The summed E-state index contributed by atoms with van der Waals surface area (Å²) >= 11 is 0. The number of carbonyl (C=O) groups is 1. The minimum Gasteiger partial charge on any atom is -0.490 e. The topological polar surface area (TPSA) is 79.4 Å². The van der Waals surface area contributed by atoms with E-state index in [0.29, 0.717) is 17.9 Å². The van der Waals surface area contributed by atoms with Crippen molar-refractivity contribution in [3.05, 3.63) is 70.8 Å². The lowest BCUT2D eigenvalue weighted by Crippen LogP contribution is -2.31. The maximum atomic E-state index is 14.5. The van der Waals surface area contributed by atoms with E-state index in [4.69, 9.17) is 4.74 Å². The van der Waals surface area contributed by atoms with Crippen LogP contribution in [0.1, 0.15) is 52.7 Å². The van der Waals surface area contributed by atoms with Gasteiger partial charge in [-0.15, -0.1) is 0 Å². The van der Waals surface area contributed by atoms with Gasteiger partial charge in [0.1, 0.15) is 0 Å². The number of halogens is 1. The first-order chi connectivity index (χ1) is 17.4. The van der Waals surface area contributed by atoms with Crippen LogP contribution in [-0.4, -0.2) is 47.0 Å². The summed E-state index contributed by atoms with van der Waals surface area (Å²) in [5, 5.41) is 5.91. The van der Waals surface area contributed by atoms with Crippen LogP contribution in [0.4, 0.5) is 21.7 Å². The first-order valence-corrected chi connectivity index (χ1v) is 12.5. The molecule has 0 aliphatic carbocycles. The van der Waals surface area contributed by atoms with Gasteiger partial charge in [-0.2, -0.15) is 0 Å².